The molecule has 0 saturated heterocycles. The van der Waals surface area contributed by atoms with E-state index in [1.54, 1.807) is 0 Å². The van der Waals surface area contributed by atoms with Gasteiger partial charge in [0.2, 0.25) is 10.0 Å². The Kier molecular flexibility index (Phi) is 4.35. The number of nitrogens with one attached hydrogen (secondary N) is 1. The maximum Gasteiger partial charge on any atom is 0.244 e. The largest absolute Gasteiger partial charge is 0.495 e. The smallest absolute Gasteiger partial charge is 0.244 e. The zero-order chi connectivity index (χ0) is 12.2. The highest BCUT2D eigenvalue weighted by molar-refractivity contribution is 7.89. The summed E-state index contributed by atoms with van der Waals surface area (Å²) >= 11 is 5.74. The van der Waals surface area contributed by atoms with Gasteiger partial charge in [-0.15, -0.1) is 6.58 Å². The lowest BCUT2D eigenvalue weighted by Crippen LogP contribution is -2.24. The summed E-state index contributed by atoms with van der Waals surface area (Å²) < 4.78 is 30.9. The third-order valence-corrected chi connectivity index (χ3v) is 3.53. The molecule has 0 aromatic heterocycles. The topological polar surface area (TPSA) is 55.4 Å². The highest BCUT2D eigenvalue weighted by atomic mass is 35.5. The van der Waals surface area contributed by atoms with Crippen molar-refractivity contribution in [1.82, 2.24) is 4.72 Å². The fraction of sp³-hybridized carbons (Fsp3) is 0.200. The lowest BCUT2D eigenvalue weighted by atomic mass is 10.3. The van der Waals surface area contributed by atoms with Gasteiger partial charge in [-0.2, -0.15) is 0 Å². The third kappa shape index (κ3) is 2.98. The maximum absolute atomic E-state index is 11.8. The van der Waals surface area contributed by atoms with Crippen molar-refractivity contribution in [2.45, 2.75) is 4.90 Å². The van der Waals surface area contributed by atoms with E-state index in [9.17, 15) is 8.42 Å². The summed E-state index contributed by atoms with van der Waals surface area (Å²) in [6, 6.07) is 4.34. The van der Waals surface area contributed by atoms with Crippen LogP contribution in [0.2, 0.25) is 5.02 Å². The number of sulfonamides is 1. The van der Waals surface area contributed by atoms with E-state index < -0.39 is 10.0 Å². The van der Waals surface area contributed by atoms with E-state index in [4.69, 9.17) is 16.3 Å². The lowest BCUT2D eigenvalue weighted by Gasteiger charge is -2.09. The van der Waals surface area contributed by atoms with Gasteiger partial charge in [0.15, 0.2) is 0 Å². The molecule has 0 heterocycles. The molecule has 1 N–H and O–H groups in total. The minimum absolute atomic E-state index is 0.0567. The van der Waals surface area contributed by atoms with E-state index in [1.165, 1.54) is 31.4 Å². The van der Waals surface area contributed by atoms with E-state index in [-0.39, 0.29) is 17.2 Å². The number of methoxy groups -OCH3 is 1. The van der Waals surface area contributed by atoms with Gasteiger partial charge in [0.05, 0.1) is 7.11 Å². The molecule has 0 fully saturated rings. The van der Waals surface area contributed by atoms with E-state index in [0.717, 1.165) is 0 Å². The second-order valence-electron chi connectivity index (χ2n) is 2.94. The number of benzene rings is 1. The summed E-state index contributed by atoms with van der Waals surface area (Å²) in [5.74, 6) is 0.212. The predicted octanol–water partition coefficient (Wildman–Crippen LogP) is 1.81. The van der Waals surface area contributed by atoms with Crippen LogP contribution < -0.4 is 9.46 Å². The zero-order valence-electron chi connectivity index (χ0n) is 8.73. The van der Waals surface area contributed by atoms with E-state index in [0.29, 0.717) is 5.02 Å². The Labute approximate surface area is 99.9 Å². The molecule has 0 aliphatic heterocycles. The van der Waals surface area contributed by atoms with Crippen LogP contribution in [0.4, 0.5) is 0 Å². The molecule has 0 radical (unpaired) electrons. The van der Waals surface area contributed by atoms with Crippen LogP contribution in [0.3, 0.4) is 0 Å². The molecule has 0 aliphatic rings. The molecule has 0 bridgehead atoms. The first-order valence-electron chi connectivity index (χ1n) is 4.45. The molecule has 4 nitrogen and oxygen atoms in total. The first kappa shape index (κ1) is 13.0. The quantitative estimate of drug-likeness (QED) is 0.823. The summed E-state index contributed by atoms with van der Waals surface area (Å²) in [7, 11) is -2.20. The predicted molar refractivity (Wildman–Crippen MR) is 63.4 cm³/mol. The van der Waals surface area contributed by atoms with Gasteiger partial charge in [0.25, 0.3) is 0 Å². The molecule has 1 rings (SSSR count). The van der Waals surface area contributed by atoms with Crippen LogP contribution in [0, 0.1) is 0 Å². The van der Waals surface area contributed by atoms with Crippen LogP contribution in [0.5, 0.6) is 5.75 Å². The Bertz CT molecular complexity index is 485. The monoisotopic (exact) mass is 261 g/mol. The summed E-state index contributed by atoms with van der Waals surface area (Å²) in [5, 5.41) is 0.416. The van der Waals surface area contributed by atoms with Crippen molar-refractivity contribution in [3.63, 3.8) is 0 Å². The summed E-state index contributed by atoms with van der Waals surface area (Å²) in [6.45, 7) is 3.60. The molecular formula is C10H12ClNO3S. The second-order valence-corrected chi connectivity index (χ2v) is 5.11. The molecule has 1 aromatic rings. The van der Waals surface area contributed by atoms with Crippen LogP contribution in [0.1, 0.15) is 0 Å². The van der Waals surface area contributed by atoms with Gasteiger partial charge in [0, 0.05) is 17.6 Å². The molecule has 88 valence electrons. The Morgan fingerprint density at radius 3 is 2.81 bits per heavy atom. The third-order valence-electron chi connectivity index (χ3n) is 1.83. The molecule has 0 amide bonds. The number of rotatable bonds is 5. The van der Waals surface area contributed by atoms with Crippen molar-refractivity contribution in [2.24, 2.45) is 0 Å². The minimum Gasteiger partial charge on any atom is -0.495 e. The Hall–Kier alpha value is -1.04. The van der Waals surface area contributed by atoms with Crippen molar-refractivity contribution >= 4 is 21.6 Å². The van der Waals surface area contributed by atoms with Gasteiger partial charge >= 0.3 is 0 Å². The molecule has 16 heavy (non-hydrogen) atoms. The zero-order valence-corrected chi connectivity index (χ0v) is 10.3. The number of halogens is 1. The number of ether oxygens (including phenoxy) is 1. The summed E-state index contributed by atoms with van der Waals surface area (Å²) in [5.41, 5.74) is 0. The highest BCUT2D eigenvalue weighted by Gasteiger charge is 2.18. The van der Waals surface area contributed by atoms with Crippen LogP contribution in [0.15, 0.2) is 35.7 Å². The van der Waals surface area contributed by atoms with Crippen molar-refractivity contribution in [2.75, 3.05) is 13.7 Å². The van der Waals surface area contributed by atoms with Gasteiger partial charge in [0.1, 0.15) is 10.6 Å². The highest BCUT2D eigenvalue weighted by Crippen LogP contribution is 2.26. The molecule has 0 atom stereocenters. The van der Waals surface area contributed by atoms with Crippen LogP contribution in [-0.2, 0) is 10.0 Å². The van der Waals surface area contributed by atoms with Crippen LogP contribution in [0.25, 0.3) is 0 Å². The van der Waals surface area contributed by atoms with Crippen LogP contribution >= 0.6 is 11.6 Å². The van der Waals surface area contributed by atoms with Crippen molar-refractivity contribution in [3.8, 4) is 5.75 Å². The number of hydrogen-bond donors (Lipinski definition) is 1. The SMILES string of the molecule is C=CCNS(=O)(=O)c1ccc(Cl)cc1OC. The second kappa shape index (κ2) is 5.34. The van der Waals surface area contributed by atoms with Crippen molar-refractivity contribution in [1.29, 1.82) is 0 Å². The average Bonchev–Trinajstić information content (AvgIpc) is 2.26. The summed E-state index contributed by atoms with van der Waals surface area (Å²) in [6.07, 6.45) is 1.46. The molecule has 0 aliphatic carbocycles. The lowest BCUT2D eigenvalue weighted by molar-refractivity contribution is 0.402. The van der Waals surface area contributed by atoms with E-state index in [1.807, 2.05) is 0 Å². The van der Waals surface area contributed by atoms with E-state index >= 15 is 0 Å². The molecule has 1 aromatic carbocycles. The van der Waals surface area contributed by atoms with Crippen molar-refractivity contribution in [3.05, 3.63) is 35.9 Å². The van der Waals surface area contributed by atoms with Crippen molar-refractivity contribution < 1.29 is 13.2 Å². The molecular weight excluding hydrogens is 250 g/mol. The fourth-order valence-electron chi connectivity index (χ4n) is 1.11. The Balaban J connectivity index is 3.16. The van der Waals surface area contributed by atoms with Gasteiger partial charge < -0.3 is 4.74 Å². The minimum atomic E-state index is -3.59. The fourth-order valence-corrected chi connectivity index (χ4v) is 2.42. The first-order chi connectivity index (χ1) is 7.51. The Morgan fingerprint density at radius 2 is 2.25 bits per heavy atom. The van der Waals surface area contributed by atoms with Gasteiger partial charge in [-0.3, -0.25) is 0 Å². The van der Waals surface area contributed by atoms with Gasteiger partial charge in [-0.25, -0.2) is 13.1 Å². The Morgan fingerprint density at radius 1 is 1.56 bits per heavy atom. The maximum atomic E-state index is 11.8. The first-order valence-corrected chi connectivity index (χ1v) is 6.31. The molecule has 0 spiro atoms. The summed E-state index contributed by atoms with van der Waals surface area (Å²) in [4.78, 5) is 0.0567. The average molecular weight is 262 g/mol. The molecule has 0 unspecified atom stereocenters. The normalized spacial score (nSPS) is 11.1. The number of hydrogen-bond acceptors (Lipinski definition) is 3. The molecule has 0 saturated carbocycles. The standard InChI is InChI=1S/C10H12ClNO3S/c1-3-6-12-16(13,14)10-5-4-8(11)7-9(10)15-2/h3-5,7,12H,1,6H2,2H3. The molecule has 6 heteroatoms. The van der Waals surface area contributed by atoms with E-state index in [2.05, 4.69) is 11.3 Å². The van der Waals surface area contributed by atoms with Gasteiger partial charge in [-0.1, -0.05) is 17.7 Å². The van der Waals surface area contributed by atoms with Gasteiger partial charge in [-0.05, 0) is 12.1 Å². The van der Waals surface area contributed by atoms with Crippen LogP contribution in [-0.4, -0.2) is 22.1 Å².